The maximum absolute atomic E-state index is 2.50. The number of hydrogen-bond acceptors (Lipinski definition) is 0. The van der Waals surface area contributed by atoms with Crippen molar-refractivity contribution in [3.8, 4) is 11.3 Å². The predicted octanol–water partition coefficient (Wildman–Crippen LogP) is 6.80. The van der Waals surface area contributed by atoms with Crippen LogP contribution in [0.3, 0.4) is 0 Å². The molecular formula is C27H34N+. The van der Waals surface area contributed by atoms with Crippen molar-refractivity contribution >= 4 is 10.8 Å². The van der Waals surface area contributed by atoms with E-state index in [1.165, 1.54) is 64.4 Å². The van der Waals surface area contributed by atoms with Crippen LogP contribution in [0.5, 0.6) is 0 Å². The second-order valence-corrected chi connectivity index (χ2v) is 9.29. The summed E-state index contributed by atoms with van der Waals surface area (Å²) in [5.74, 6) is 1.43. The van der Waals surface area contributed by atoms with E-state index in [1.54, 1.807) is 5.56 Å². The molecule has 0 spiro atoms. The van der Waals surface area contributed by atoms with Gasteiger partial charge in [0.1, 0.15) is 7.05 Å². The van der Waals surface area contributed by atoms with Gasteiger partial charge in [-0.05, 0) is 84.7 Å². The van der Waals surface area contributed by atoms with Crippen molar-refractivity contribution in [1.82, 2.24) is 0 Å². The smallest absolute Gasteiger partial charge is 0.200 e. The van der Waals surface area contributed by atoms with Crippen LogP contribution in [0.25, 0.3) is 22.0 Å². The summed E-state index contributed by atoms with van der Waals surface area (Å²) in [5, 5.41) is 2.72. The van der Waals surface area contributed by atoms with E-state index in [-0.39, 0.29) is 0 Å². The van der Waals surface area contributed by atoms with Crippen LogP contribution >= 0.6 is 0 Å². The average molecular weight is 373 g/mol. The quantitative estimate of drug-likeness (QED) is 0.443. The normalized spacial score (nSPS) is 15.1. The van der Waals surface area contributed by atoms with Crippen molar-refractivity contribution < 1.29 is 4.57 Å². The highest BCUT2D eigenvalue weighted by Gasteiger charge is 2.23. The Kier molecular flexibility index (Phi) is 5.27. The second-order valence-electron chi connectivity index (χ2n) is 9.29. The summed E-state index contributed by atoms with van der Waals surface area (Å²) < 4.78 is 2.31. The van der Waals surface area contributed by atoms with E-state index in [0.29, 0.717) is 5.92 Å². The molecule has 0 saturated heterocycles. The number of hydrogen-bond donors (Lipinski definition) is 0. The van der Waals surface area contributed by atoms with Crippen LogP contribution in [0.4, 0.5) is 0 Å². The molecule has 1 aliphatic rings. The Bertz CT molecular complexity index is 1010. The van der Waals surface area contributed by atoms with Crippen LogP contribution in [0.15, 0.2) is 42.6 Å². The first kappa shape index (κ1) is 19.2. The van der Waals surface area contributed by atoms with E-state index in [4.69, 9.17) is 0 Å². The molecule has 0 radical (unpaired) electrons. The van der Waals surface area contributed by atoms with Crippen LogP contribution in [-0.4, -0.2) is 0 Å². The minimum absolute atomic E-state index is 0.685. The van der Waals surface area contributed by atoms with Gasteiger partial charge in [0, 0.05) is 6.07 Å². The topological polar surface area (TPSA) is 3.88 Å². The Morgan fingerprint density at radius 3 is 2.46 bits per heavy atom. The highest BCUT2D eigenvalue weighted by molar-refractivity contribution is 5.94. The molecule has 0 bridgehead atoms. The largest absolute Gasteiger partial charge is 0.220 e. The molecule has 0 atom stereocenters. The van der Waals surface area contributed by atoms with E-state index < -0.39 is 0 Å². The minimum Gasteiger partial charge on any atom is -0.200 e. The van der Waals surface area contributed by atoms with E-state index in [1.807, 2.05) is 0 Å². The van der Waals surface area contributed by atoms with Gasteiger partial charge in [-0.25, -0.2) is 4.57 Å². The second kappa shape index (κ2) is 7.70. The molecule has 28 heavy (non-hydrogen) atoms. The summed E-state index contributed by atoms with van der Waals surface area (Å²) in [4.78, 5) is 0. The maximum Gasteiger partial charge on any atom is 0.220 e. The van der Waals surface area contributed by atoms with Gasteiger partial charge in [0.15, 0.2) is 6.20 Å². The predicted molar refractivity (Wildman–Crippen MR) is 120 cm³/mol. The molecule has 0 aliphatic heterocycles. The number of aryl methyl sites for hydroxylation is 2. The van der Waals surface area contributed by atoms with Crippen molar-refractivity contribution in [2.24, 2.45) is 13.0 Å². The van der Waals surface area contributed by atoms with Gasteiger partial charge < -0.3 is 0 Å². The zero-order chi connectivity index (χ0) is 19.8. The number of benzene rings is 2. The molecule has 1 nitrogen and oxygen atoms in total. The standard InChI is InChI=1S/C27H34N/c1-18(2)14-21-10-11-25-23(16-21)12-13-28(5)27(25)26-17-24(15-19(3)20(26)4)22-8-6-7-9-22/h10-13,15-18,22H,6-9,14H2,1-5H3/q+1. The lowest BCUT2D eigenvalue weighted by Crippen LogP contribution is -2.31. The van der Waals surface area contributed by atoms with Crippen LogP contribution in [0.1, 0.15) is 67.7 Å². The highest BCUT2D eigenvalue weighted by atomic mass is 14.9. The summed E-state index contributed by atoms with van der Waals surface area (Å²) >= 11 is 0. The van der Waals surface area contributed by atoms with Crippen molar-refractivity contribution in [2.75, 3.05) is 0 Å². The fraction of sp³-hybridized carbons (Fsp3) is 0.444. The molecule has 1 heterocycles. The van der Waals surface area contributed by atoms with Gasteiger partial charge in [0.05, 0.1) is 10.9 Å². The van der Waals surface area contributed by atoms with Gasteiger partial charge >= 0.3 is 0 Å². The van der Waals surface area contributed by atoms with Gasteiger partial charge in [-0.15, -0.1) is 0 Å². The SMILES string of the molecule is Cc1cc(C2CCCC2)cc(-c2c3ccc(CC(C)C)cc3cc[n+]2C)c1C. The summed E-state index contributed by atoms with van der Waals surface area (Å²) in [5.41, 5.74) is 8.59. The van der Waals surface area contributed by atoms with Crippen molar-refractivity contribution in [1.29, 1.82) is 0 Å². The molecule has 1 saturated carbocycles. The van der Waals surface area contributed by atoms with Crippen molar-refractivity contribution in [2.45, 2.75) is 65.7 Å². The molecule has 146 valence electrons. The van der Waals surface area contributed by atoms with Gasteiger partial charge in [0.2, 0.25) is 5.69 Å². The third-order valence-corrected chi connectivity index (χ3v) is 6.62. The molecule has 2 aromatic carbocycles. The van der Waals surface area contributed by atoms with Crippen molar-refractivity contribution in [3.63, 3.8) is 0 Å². The van der Waals surface area contributed by atoms with Crippen LogP contribution in [0.2, 0.25) is 0 Å². The van der Waals surface area contributed by atoms with Gasteiger partial charge in [0.25, 0.3) is 0 Å². The van der Waals surface area contributed by atoms with Crippen LogP contribution in [-0.2, 0) is 13.5 Å². The molecule has 0 unspecified atom stereocenters. The lowest BCUT2D eigenvalue weighted by atomic mass is 9.88. The van der Waals surface area contributed by atoms with E-state index in [2.05, 4.69) is 81.9 Å². The lowest BCUT2D eigenvalue weighted by Gasteiger charge is -2.16. The minimum atomic E-state index is 0.685. The fourth-order valence-corrected chi connectivity index (χ4v) is 4.98. The number of fused-ring (bicyclic) bond motifs is 1. The molecule has 1 aromatic heterocycles. The van der Waals surface area contributed by atoms with Gasteiger partial charge in [-0.2, -0.15) is 0 Å². The monoisotopic (exact) mass is 372 g/mol. The Morgan fingerprint density at radius 1 is 1.00 bits per heavy atom. The molecule has 1 aliphatic carbocycles. The van der Waals surface area contributed by atoms with Gasteiger partial charge in [-0.1, -0.05) is 44.9 Å². The molecule has 3 aromatic rings. The summed E-state index contributed by atoms with van der Waals surface area (Å²) in [6.07, 6.45) is 8.83. The number of aromatic nitrogens is 1. The lowest BCUT2D eigenvalue weighted by molar-refractivity contribution is -0.659. The maximum atomic E-state index is 2.50. The summed E-state index contributed by atoms with van der Waals surface area (Å²) in [6.45, 7) is 9.15. The third kappa shape index (κ3) is 3.60. The molecular weight excluding hydrogens is 338 g/mol. The number of rotatable bonds is 4. The molecule has 4 rings (SSSR count). The fourth-order valence-electron chi connectivity index (χ4n) is 4.98. The number of pyridine rings is 1. The summed E-state index contributed by atoms with van der Waals surface area (Å²) in [6, 6.07) is 14.3. The first-order valence-electron chi connectivity index (χ1n) is 11.0. The van der Waals surface area contributed by atoms with Crippen LogP contribution < -0.4 is 4.57 Å². The Balaban J connectivity index is 1.89. The van der Waals surface area contributed by atoms with E-state index >= 15 is 0 Å². The molecule has 1 heteroatoms. The Morgan fingerprint density at radius 2 is 1.75 bits per heavy atom. The van der Waals surface area contributed by atoms with E-state index in [9.17, 15) is 0 Å². The van der Waals surface area contributed by atoms with E-state index in [0.717, 1.165) is 12.3 Å². The third-order valence-electron chi connectivity index (χ3n) is 6.62. The summed E-state index contributed by atoms with van der Waals surface area (Å²) in [7, 11) is 2.19. The Labute approximate surface area is 170 Å². The first-order chi connectivity index (χ1) is 13.4. The number of nitrogens with zero attached hydrogens (tertiary/aromatic N) is 1. The van der Waals surface area contributed by atoms with Gasteiger partial charge in [-0.3, -0.25) is 0 Å². The molecule has 0 N–H and O–H groups in total. The zero-order valence-corrected chi connectivity index (χ0v) is 18.2. The van der Waals surface area contributed by atoms with Crippen molar-refractivity contribution in [3.05, 3.63) is 64.8 Å². The Hall–Kier alpha value is -2.15. The molecule has 1 fully saturated rings. The average Bonchev–Trinajstić information content (AvgIpc) is 3.19. The zero-order valence-electron chi connectivity index (χ0n) is 18.2. The van der Waals surface area contributed by atoms with Crippen LogP contribution in [0, 0.1) is 19.8 Å². The first-order valence-corrected chi connectivity index (χ1v) is 11.0. The highest BCUT2D eigenvalue weighted by Crippen LogP contribution is 2.38. The molecule has 0 amide bonds.